The largest absolute Gasteiger partial charge is 0.340 e. The monoisotopic (exact) mass is 292 g/mol. The third kappa shape index (κ3) is 2.41. The van der Waals surface area contributed by atoms with E-state index in [0.717, 1.165) is 19.3 Å². The van der Waals surface area contributed by atoms with E-state index in [9.17, 15) is 9.59 Å². The fourth-order valence-electron chi connectivity index (χ4n) is 3.24. The molecule has 0 aromatic carbocycles. The predicted octanol–water partition coefficient (Wildman–Crippen LogP) is 0.928. The fraction of sp³-hybridized carbons (Fsp3) is 0.714. The van der Waals surface area contributed by atoms with E-state index in [-0.39, 0.29) is 18.4 Å². The van der Waals surface area contributed by atoms with E-state index in [4.69, 9.17) is 4.52 Å². The Bertz CT molecular complexity index is 562. The summed E-state index contributed by atoms with van der Waals surface area (Å²) in [5, 5.41) is 6.69. The van der Waals surface area contributed by atoms with Crippen molar-refractivity contribution in [1.82, 2.24) is 20.4 Å². The third-order valence-electron chi connectivity index (χ3n) is 4.46. The van der Waals surface area contributed by atoms with Crippen LogP contribution >= 0.6 is 0 Å². The van der Waals surface area contributed by atoms with Crippen LogP contribution in [0.1, 0.15) is 50.7 Å². The summed E-state index contributed by atoms with van der Waals surface area (Å²) in [6, 6.07) is -0.516. The molecule has 7 heteroatoms. The summed E-state index contributed by atoms with van der Waals surface area (Å²) < 4.78 is 5.09. The molecular formula is C14H20N4O3. The lowest BCUT2D eigenvalue weighted by Gasteiger charge is -2.46. The smallest absolute Gasteiger partial charge is 0.249 e. The first-order valence-corrected chi connectivity index (χ1v) is 7.44. The molecule has 1 aliphatic heterocycles. The number of carbonyl (C=O) groups excluding carboxylic acids is 2. The molecule has 114 valence electrons. The average Bonchev–Trinajstić information content (AvgIpc) is 2.88. The van der Waals surface area contributed by atoms with Gasteiger partial charge in [-0.05, 0) is 26.7 Å². The van der Waals surface area contributed by atoms with Crippen LogP contribution in [-0.2, 0) is 16.1 Å². The van der Waals surface area contributed by atoms with Crippen LogP contribution in [0.5, 0.6) is 0 Å². The molecule has 0 radical (unpaired) electrons. The summed E-state index contributed by atoms with van der Waals surface area (Å²) in [7, 11) is 0. The van der Waals surface area contributed by atoms with Gasteiger partial charge in [-0.1, -0.05) is 24.4 Å². The number of hydrogen-bond acceptors (Lipinski definition) is 5. The van der Waals surface area contributed by atoms with Gasteiger partial charge in [-0.15, -0.1) is 0 Å². The minimum atomic E-state index is -0.725. The molecule has 1 spiro atoms. The maximum absolute atomic E-state index is 12.9. The number of rotatable bonds is 2. The quantitative estimate of drug-likeness (QED) is 0.876. The molecule has 1 saturated heterocycles. The molecule has 1 aromatic heterocycles. The van der Waals surface area contributed by atoms with E-state index in [1.54, 1.807) is 18.7 Å². The molecule has 2 fully saturated rings. The summed E-state index contributed by atoms with van der Waals surface area (Å²) in [4.78, 5) is 30.8. The predicted molar refractivity (Wildman–Crippen MR) is 73.0 cm³/mol. The SMILES string of the molecule is Cc1noc(CN2C(=O)C3(CCCCC3)NC(=O)C2C)n1. The lowest BCUT2D eigenvalue weighted by Crippen LogP contribution is -2.69. The van der Waals surface area contributed by atoms with E-state index in [2.05, 4.69) is 15.5 Å². The first-order valence-electron chi connectivity index (χ1n) is 7.44. The van der Waals surface area contributed by atoms with Crippen LogP contribution in [-0.4, -0.2) is 38.4 Å². The van der Waals surface area contributed by atoms with Crippen LogP contribution in [0.15, 0.2) is 4.52 Å². The molecule has 21 heavy (non-hydrogen) atoms. The van der Waals surface area contributed by atoms with Crippen molar-refractivity contribution in [1.29, 1.82) is 0 Å². The van der Waals surface area contributed by atoms with Gasteiger partial charge in [0.1, 0.15) is 18.1 Å². The van der Waals surface area contributed by atoms with E-state index in [1.165, 1.54) is 0 Å². The summed E-state index contributed by atoms with van der Waals surface area (Å²) in [6.45, 7) is 3.64. The molecule has 1 saturated carbocycles. The number of amides is 2. The summed E-state index contributed by atoms with van der Waals surface area (Å²) >= 11 is 0. The number of aromatic nitrogens is 2. The van der Waals surface area contributed by atoms with Crippen LogP contribution in [0.25, 0.3) is 0 Å². The van der Waals surface area contributed by atoms with Gasteiger partial charge in [-0.2, -0.15) is 4.98 Å². The number of nitrogens with zero attached hydrogens (tertiary/aromatic N) is 3. The lowest BCUT2D eigenvalue weighted by atomic mass is 9.78. The Morgan fingerprint density at radius 1 is 1.33 bits per heavy atom. The Hall–Kier alpha value is -1.92. The van der Waals surface area contributed by atoms with Crippen LogP contribution < -0.4 is 5.32 Å². The zero-order chi connectivity index (χ0) is 15.0. The molecule has 1 unspecified atom stereocenters. The molecule has 2 heterocycles. The van der Waals surface area contributed by atoms with E-state index in [0.29, 0.717) is 24.6 Å². The van der Waals surface area contributed by atoms with Crippen molar-refractivity contribution in [2.75, 3.05) is 0 Å². The van der Waals surface area contributed by atoms with E-state index in [1.807, 2.05) is 0 Å². The number of nitrogens with one attached hydrogen (secondary N) is 1. The van der Waals surface area contributed by atoms with Crippen molar-refractivity contribution in [2.45, 2.75) is 64.1 Å². The van der Waals surface area contributed by atoms with Gasteiger partial charge in [-0.3, -0.25) is 9.59 Å². The van der Waals surface area contributed by atoms with Crippen molar-refractivity contribution in [3.05, 3.63) is 11.7 Å². The highest BCUT2D eigenvalue weighted by molar-refractivity contribution is 5.99. The van der Waals surface area contributed by atoms with E-state index < -0.39 is 11.6 Å². The number of carbonyl (C=O) groups is 2. The summed E-state index contributed by atoms with van der Waals surface area (Å²) in [6.07, 6.45) is 4.47. The Kier molecular flexibility index (Phi) is 3.43. The Balaban J connectivity index is 1.86. The molecule has 2 aliphatic rings. The fourth-order valence-corrected chi connectivity index (χ4v) is 3.24. The minimum Gasteiger partial charge on any atom is -0.340 e. The number of aryl methyl sites for hydroxylation is 1. The molecule has 7 nitrogen and oxygen atoms in total. The third-order valence-corrected chi connectivity index (χ3v) is 4.46. The molecule has 1 atom stereocenters. The zero-order valence-electron chi connectivity index (χ0n) is 12.4. The van der Waals surface area contributed by atoms with Crippen LogP contribution in [0.2, 0.25) is 0 Å². The van der Waals surface area contributed by atoms with Gasteiger partial charge in [0.2, 0.25) is 17.7 Å². The second-order valence-corrected chi connectivity index (χ2v) is 5.98. The first kappa shape index (κ1) is 14.0. The highest BCUT2D eigenvalue weighted by Gasteiger charge is 2.50. The van der Waals surface area contributed by atoms with Gasteiger partial charge < -0.3 is 14.7 Å². The Morgan fingerprint density at radius 2 is 2.05 bits per heavy atom. The van der Waals surface area contributed by atoms with Gasteiger partial charge >= 0.3 is 0 Å². The van der Waals surface area contributed by atoms with Gasteiger partial charge in [0.05, 0.1) is 0 Å². The second kappa shape index (κ2) is 5.13. The molecule has 3 rings (SSSR count). The second-order valence-electron chi connectivity index (χ2n) is 5.98. The van der Waals surface area contributed by atoms with E-state index >= 15 is 0 Å². The minimum absolute atomic E-state index is 0.0230. The number of piperazine rings is 1. The molecule has 2 amide bonds. The highest BCUT2D eigenvalue weighted by atomic mass is 16.5. The molecule has 1 aliphatic carbocycles. The maximum atomic E-state index is 12.9. The number of hydrogen-bond donors (Lipinski definition) is 1. The normalized spacial score (nSPS) is 25.2. The first-order chi connectivity index (χ1) is 10.0. The lowest BCUT2D eigenvalue weighted by molar-refractivity contribution is -0.157. The standard InChI is InChI=1S/C14H20N4O3/c1-9-12(19)16-14(6-4-3-5-7-14)13(20)18(9)8-11-15-10(2)17-21-11/h9H,3-8H2,1-2H3,(H,16,19). The van der Waals surface area contributed by atoms with Crippen LogP contribution in [0.3, 0.4) is 0 Å². The van der Waals surface area contributed by atoms with Crippen LogP contribution in [0, 0.1) is 6.92 Å². The van der Waals surface area contributed by atoms with Crippen molar-refractivity contribution in [3.63, 3.8) is 0 Å². The maximum Gasteiger partial charge on any atom is 0.249 e. The molecule has 1 N–H and O–H groups in total. The van der Waals surface area contributed by atoms with Gasteiger partial charge in [0.15, 0.2) is 5.82 Å². The Labute approximate surface area is 123 Å². The Morgan fingerprint density at radius 3 is 2.67 bits per heavy atom. The van der Waals surface area contributed by atoms with Crippen LogP contribution in [0.4, 0.5) is 0 Å². The molecule has 0 bridgehead atoms. The molecular weight excluding hydrogens is 272 g/mol. The summed E-state index contributed by atoms with van der Waals surface area (Å²) in [5.41, 5.74) is -0.725. The van der Waals surface area contributed by atoms with Crippen molar-refractivity contribution in [2.24, 2.45) is 0 Å². The van der Waals surface area contributed by atoms with Crippen molar-refractivity contribution >= 4 is 11.8 Å². The summed E-state index contributed by atoms with van der Waals surface area (Å²) in [5.74, 6) is 0.769. The van der Waals surface area contributed by atoms with Crippen molar-refractivity contribution in [3.8, 4) is 0 Å². The van der Waals surface area contributed by atoms with Gasteiger partial charge in [0.25, 0.3) is 0 Å². The zero-order valence-corrected chi connectivity index (χ0v) is 12.4. The topological polar surface area (TPSA) is 88.3 Å². The van der Waals surface area contributed by atoms with Crippen molar-refractivity contribution < 1.29 is 14.1 Å². The van der Waals surface area contributed by atoms with Gasteiger partial charge in [-0.25, -0.2) is 0 Å². The van der Waals surface area contributed by atoms with Gasteiger partial charge in [0, 0.05) is 0 Å². The average molecular weight is 292 g/mol. The highest BCUT2D eigenvalue weighted by Crippen LogP contribution is 2.33. The molecule has 1 aromatic rings.